The molecule has 0 aliphatic heterocycles. The predicted molar refractivity (Wildman–Crippen MR) is 114 cm³/mol. The van der Waals surface area contributed by atoms with Crippen LogP contribution in [0.1, 0.15) is 29.4 Å². The van der Waals surface area contributed by atoms with E-state index in [2.05, 4.69) is 19.8 Å². The van der Waals surface area contributed by atoms with Gasteiger partial charge in [-0.25, -0.2) is 17.9 Å². The van der Waals surface area contributed by atoms with Gasteiger partial charge in [0.1, 0.15) is 5.69 Å². The minimum absolute atomic E-state index is 0.0505. The Kier molecular flexibility index (Phi) is 5.28. The molecule has 4 rings (SSSR count). The summed E-state index contributed by atoms with van der Waals surface area (Å²) in [7, 11) is -3.40. The van der Waals surface area contributed by atoms with Gasteiger partial charge in [0.25, 0.3) is 0 Å². The van der Waals surface area contributed by atoms with E-state index < -0.39 is 10.0 Å². The van der Waals surface area contributed by atoms with E-state index in [-0.39, 0.29) is 11.5 Å². The monoisotopic (exact) mass is 421 g/mol. The summed E-state index contributed by atoms with van der Waals surface area (Å²) in [5, 5.41) is 4.34. The number of sulfonamides is 1. The summed E-state index contributed by atoms with van der Waals surface area (Å²) >= 11 is 0. The van der Waals surface area contributed by atoms with Gasteiger partial charge >= 0.3 is 0 Å². The lowest BCUT2D eigenvalue weighted by molar-refractivity contribution is 0.103. The minimum Gasteiger partial charge on any atom is -0.287 e. The number of anilines is 1. The highest BCUT2D eigenvalue weighted by Crippen LogP contribution is 2.25. The van der Waals surface area contributed by atoms with Crippen LogP contribution in [-0.2, 0) is 10.0 Å². The van der Waals surface area contributed by atoms with Gasteiger partial charge in [-0.2, -0.15) is 5.10 Å². The van der Waals surface area contributed by atoms with E-state index >= 15 is 0 Å². The van der Waals surface area contributed by atoms with E-state index in [1.807, 2.05) is 13.0 Å². The topological polar surface area (TPSA) is 106 Å². The van der Waals surface area contributed by atoms with Crippen molar-refractivity contribution in [3.63, 3.8) is 0 Å². The number of carbonyl (C=O) groups excluding carboxylic acids is 1. The highest BCUT2D eigenvalue weighted by Gasteiger charge is 2.19. The van der Waals surface area contributed by atoms with E-state index in [9.17, 15) is 13.2 Å². The molecule has 0 spiro atoms. The van der Waals surface area contributed by atoms with Crippen LogP contribution in [0, 0.1) is 0 Å². The van der Waals surface area contributed by atoms with Gasteiger partial charge in [0, 0.05) is 23.6 Å². The first kappa shape index (κ1) is 19.7. The fraction of sp³-hybridized carbons (Fsp3) is 0.143. The van der Waals surface area contributed by atoms with Crippen molar-refractivity contribution in [2.75, 3.05) is 10.5 Å². The molecule has 30 heavy (non-hydrogen) atoms. The van der Waals surface area contributed by atoms with Crippen molar-refractivity contribution in [3.05, 3.63) is 78.4 Å². The van der Waals surface area contributed by atoms with Crippen molar-refractivity contribution in [3.8, 4) is 11.3 Å². The number of nitrogens with zero attached hydrogens (tertiary/aromatic N) is 4. The van der Waals surface area contributed by atoms with Crippen LogP contribution in [0.3, 0.4) is 0 Å². The van der Waals surface area contributed by atoms with Crippen LogP contribution in [0.2, 0.25) is 0 Å². The number of fused-ring (bicyclic) bond motifs is 1. The van der Waals surface area contributed by atoms with Crippen LogP contribution >= 0.6 is 0 Å². The lowest BCUT2D eigenvalue weighted by Gasteiger charge is -2.10. The fourth-order valence-electron chi connectivity index (χ4n) is 3.15. The molecule has 0 radical (unpaired) electrons. The predicted octanol–water partition coefficient (Wildman–Crippen LogP) is 3.17. The molecule has 0 amide bonds. The maximum atomic E-state index is 12.8. The molecular weight excluding hydrogens is 402 g/mol. The Hall–Kier alpha value is -3.59. The van der Waals surface area contributed by atoms with Gasteiger partial charge in [-0.3, -0.25) is 14.5 Å². The average molecular weight is 421 g/mol. The Labute approximate surface area is 173 Å². The lowest BCUT2D eigenvalue weighted by atomic mass is 10.1. The zero-order valence-corrected chi connectivity index (χ0v) is 17.0. The molecule has 4 aromatic rings. The van der Waals surface area contributed by atoms with Crippen LogP contribution in [0.15, 0.2) is 67.1 Å². The van der Waals surface area contributed by atoms with Crippen molar-refractivity contribution >= 4 is 27.1 Å². The van der Waals surface area contributed by atoms with Crippen LogP contribution in [0.5, 0.6) is 0 Å². The number of hydrogen-bond acceptors (Lipinski definition) is 6. The molecule has 0 atom stereocenters. The van der Waals surface area contributed by atoms with E-state index in [4.69, 9.17) is 0 Å². The summed E-state index contributed by atoms with van der Waals surface area (Å²) in [6.07, 6.45) is 5.15. The molecule has 152 valence electrons. The van der Waals surface area contributed by atoms with Gasteiger partial charge in [0.05, 0.1) is 23.2 Å². The van der Waals surface area contributed by atoms with Gasteiger partial charge in [-0.15, -0.1) is 0 Å². The number of benzene rings is 1. The Morgan fingerprint density at radius 1 is 1.07 bits per heavy atom. The van der Waals surface area contributed by atoms with E-state index in [0.717, 1.165) is 5.56 Å². The average Bonchev–Trinajstić information content (AvgIpc) is 3.18. The first-order valence-electron chi connectivity index (χ1n) is 9.38. The van der Waals surface area contributed by atoms with Gasteiger partial charge in [0.15, 0.2) is 5.65 Å². The quantitative estimate of drug-likeness (QED) is 0.460. The molecule has 0 fully saturated rings. The third-order valence-electron chi connectivity index (χ3n) is 4.45. The smallest absolute Gasteiger partial charge is 0.232 e. The molecule has 0 saturated heterocycles. The number of hydrogen-bond donors (Lipinski definition) is 1. The summed E-state index contributed by atoms with van der Waals surface area (Å²) in [4.78, 5) is 21.2. The molecule has 8 nitrogen and oxygen atoms in total. The Balaban J connectivity index is 1.74. The zero-order valence-electron chi connectivity index (χ0n) is 16.2. The highest BCUT2D eigenvalue weighted by atomic mass is 32.2. The summed E-state index contributed by atoms with van der Waals surface area (Å²) < 4.78 is 28.3. The molecule has 0 aliphatic carbocycles. The van der Waals surface area contributed by atoms with Crippen LogP contribution in [0.4, 0.5) is 5.69 Å². The third-order valence-corrected chi connectivity index (χ3v) is 5.94. The highest BCUT2D eigenvalue weighted by molar-refractivity contribution is 7.92. The summed E-state index contributed by atoms with van der Waals surface area (Å²) in [5.41, 5.74) is 2.93. The van der Waals surface area contributed by atoms with Crippen LogP contribution in [-0.4, -0.2) is 39.5 Å². The van der Waals surface area contributed by atoms with Crippen molar-refractivity contribution in [2.45, 2.75) is 13.3 Å². The van der Waals surface area contributed by atoms with E-state index in [1.54, 1.807) is 59.4 Å². The summed E-state index contributed by atoms with van der Waals surface area (Å²) in [5.74, 6) is -0.217. The second-order valence-electron chi connectivity index (χ2n) is 6.67. The first-order chi connectivity index (χ1) is 14.5. The van der Waals surface area contributed by atoms with Crippen LogP contribution < -0.4 is 4.72 Å². The van der Waals surface area contributed by atoms with E-state index in [1.165, 1.54) is 6.20 Å². The van der Waals surface area contributed by atoms with Gasteiger partial charge in [-0.05, 0) is 36.8 Å². The zero-order chi connectivity index (χ0) is 21.1. The SMILES string of the molecule is CCCS(=O)(=O)Nc1cccc(-c2ccnc3c(C(=O)c4ccccn4)cnn23)c1. The molecule has 1 aromatic carbocycles. The molecule has 3 heterocycles. The number of ketones is 1. The van der Waals surface area contributed by atoms with Gasteiger partial charge < -0.3 is 0 Å². The minimum atomic E-state index is -3.40. The number of carbonyl (C=O) groups is 1. The summed E-state index contributed by atoms with van der Waals surface area (Å²) in [6, 6.07) is 13.9. The van der Waals surface area contributed by atoms with Crippen molar-refractivity contribution in [1.82, 2.24) is 19.6 Å². The Morgan fingerprint density at radius 3 is 2.70 bits per heavy atom. The number of nitrogens with one attached hydrogen (secondary N) is 1. The largest absolute Gasteiger partial charge is 0.287 e. The van der Waals surface area contributed by atoms with Crippen molar-refractivity contribution in [1.29, 1.82) is 0 Å². The number of rotatable bonds is 7. The Bertz CT molecular complexity index is 1320. The number of pyridine rings is 1. The number of aromatic nitrogens is 4. The third kappa shape index (κ3) is 3.92. The molecule has 0 bridgehead atoms. The normalized spacial score (nSPS) is 11.5. The second-order valence-corrected chi connectivity index (χ2v) is 8.51. The summed E-state index contributed by atoms with van der Waals surface area (Å²) in [6.45, 7) is 1.81. The van der Waals surface area contributed by atoms with Gasteiger partial charge in [0.2, 0.25) is 15.8 Å². The molecular formula is C21H19N5O3S. The van der Waals surface area contributed by atoms with Gasteiger partial charge in [-0.1, -0.05) is 25.1 Å². The molecule has 0 aliphatic rings. The van der Waals surface area contributed by atoms with Crippen molar-refractivity contribution < 1.29 is 13.2 Å². The maximum absolute atomic E-state index is 12.8. The van der Waals surface area contributed by atoms with Crippen molar-refractivity contribution in [2.24, 2.45) is 0 Å². The molecule has 0 saturated carbocycles. The lowest BCUT2D eigenvalue weighted by Crippen LogP contribution is -2.16. The molecule has 9 heteroatoms. The second kappa shape index (κ2) is 8.03. The molecule has 3 aromatic heterocycles. The first-order valence-corrected chi connectivity index (χ1v) is 11.0. The Morgan fingerprint density at radius 2 is 1.93 bits per heavy atom. The van der Waals surface area contributed by atoms with Crippen LogP contribution in [0.25, 0.3) is 16.9 Å². The fourth-order valence-corrected chi connectivity index (χ4v) is 4.27. The van der Waals surface area contributed by atoms with E-state index in [0.29, 0.717) is 34.7 Å². The molecule has 1 N–H and O–H groups in total. The maximum Gasteiger partial charge on any atom is 0.232 e. The standard InChI is InChI=1S/C21H19N5O3S/c1-2-12-30(28,29)25-16-7-5-6-15(13-16)19-9-11-23-21-17(14-24-26(19)21)20(27)18-8-3-4-10-22-18/h3-11,13-14,25H,2,12H2,1H3. The molecule has 0 unspecified atom stereocenters.